The second-order valence-corrected chi connectivity index (χ2v) is 8.24. The zero-order valence-electron chi connectivity index (χ0n) is 14.2. The molecule has 0 aliphatic heterocycles. The lowest BCUT2D eigenvalue weighted by atomic mass is 9.54. The van der Waals surface area contributed by atoms with Crippen LogP contribution in [0.2, 0.25) is 0 Å². The summed E-state index contributed by atoms with van der Waals surface area (Å²) in [4.78, 5) is 0. The lowest BCUT2D eigenvalue weighted by Gasteiger charge is -2.56. The number of aliphatic hydroxyl groups is 1. The molecule has 0 amide bonds. The van der Waals surface area contributed by atoms with Crippen molar-refractivity contribution in [2.24, 2.45) is 17.8 Å². The van der Waals surface area contributed by atoms with Crippen molar-refractivity contribution in [2.75, 3.05) is 26.4 Å². The molecule has 128 valence electrons. The molecule has 0 spiro atoms. The van der Waals surface area contributed by atoms with Gasteiger partial charge in [-0.15, -0.1) is 0 Å². The summed E-state index contributed by atoms with van der Waals surface area (Å²) < 4.78 is 11.9. The summed E-state index contributed by atoms with van der Waals surface area (Å²) in [5.74, 6) is 2.78. The number of nitrogens with one attached hydrogen (secondary N) is 1. The van der Waals surface area contributed by atoms with Gasteiger partial charge in [0.15, 0.2) is 0 Å². The summed E-state index contributed by atoms with van der Waals surface area (Å²) >= 11 is 0. The van der Waals surface area contributed by atoms with Gasteiger partial charge in [0.1, 0.15) is 0 Å². The second-order valence-electron chi connectivity index (χ2n) is 8.24. The highest BCUT2D eigenvalue weighted by molar-refractivity contribution is 5.03. The molecule has 4 aliphatic carbocycles. The van der Waals surface area contributed by atoms with Gasteiger partial charge in [0.25, 0.3) is 0 Å². The Morgan fingerprint density at radius 3 is 2.18 bits per heavy atom. The molecule has 0 radical (unpaired) electrons. The van der Waals surface area contributed by atoms with Gasteiger partial charge >= 0.3 is 0 Å². The van der Waals surface area contributed by atoms with E-state index in [2.05, 4.69) is 19.2 Å². The topological polar surface area (TPSA) is 50.7 Å². The van der Waals surface area contributed by atoms with Crippen LogP contribution >= 0.6 is 0 Å². The number of hydrogen-bond acceptors (Lipinski definition) is 4. The molecule has 0 saturated heterocycles. The Morgan fingerprint density at radius 1 is 1.05 bits per heavy atom. The highest BCUT2D eigenvalue weighted by Gasteiger charge is 2.51. The van der Waals surface area contributed by atoms with Crippen LogP contribution in [-0.2, 0) is 9.47 Å². The molecule has 4 fully saturated rings. The van der Waals surface area contributed by atoms with Crippen LogP contribution in [0, 0.1) is 17.8 Å². The first-order valence-corrected chi connectivity index (χ1v) is 9.18. The third-order valence-corrected chi connectivity index (χ3v) is 5.69. The Hall–Kier alpha value is -0.160. The van der Waals surface area contributed by atoms with Gasteiger partial charge in [-0.1, -0.05) is 13.8 Å². The minimum atomic E-state index is -0.429. The molecular formula is C18H33NO3. The zero-order valence-corrected chi connectivity index (χ0v) is 14.2. The quantitative estimate of drug-likeness (QED) is 0.642. The van der Waals surface area contributed by atoms with E-state index in [0.717, 1.165) is 17.8 Å². The maximum atomic E-state index is 9.80. The Labute approximate surface area is 134 Å². The van der Waals surface area contributed by atoms with Crippen LogP contribution in [0.1, 0.15) is 52.4 Å². The molecule has 4 saturated carbocycles. The fourth-order valence-electron chi connectivity index (χ4n) is 5.18. The maximum absolute atomic E-state index is 9.80. The summed E-state index contributed by atoms with van der Waals surface area (Å²) in [5, 5.41) is 13.0. The van der Waals surface area contributed by atoms with Crippen molar-refractivity contribution in [2.45, 2.75) is 70.1 Å². The first-order chi connectivity index (χ1) is 10.5. The van der Waals surface area contributed by atoms with Crippen molar-refractivity contribution in [3.05, 3.63) is 0 Å². The molecule has 4 bridgehead atoms. The number of rotatable bonds is 9. The van der Waals surface area contributed by atoms with Crippen molar-refractivity contribution in [3.8, 4) is 0 Å². The second kappa shape index (κ2) is 7.16. The Kier molecular flexibility index (Phi) is 5.43. The van der Waals surface area contributed by atoms with Gasteiger partial charge in [-0.25, -0.2) is 0 Å². The third-order valence-electron chi connectivity index (χ3n) is 5.69. The van der Waals surface area contributed by atoms with Crippen LogP contribution in [-0.4, -0.2) is 49.2 Å². The van der Waals surface area contributed by atoms with Crippen molar-refractivity contribution >= 4 is 0 Å². The molecule has 0 aromatic heterocycles. The minimum Gasteiger partial charge on any atom is -0.389 e. The summed E-state index contributed by atoms with van der Waals surface area (Å²) in [6, 6.07) is 0.397. The van der Waals surface area contributed by atoms with Gasteiger partial charge in [-0.3, -0.25) is 0 Å². The Balaban J connectivity index is 1.31. The fourth-order valence-corrected chi connectivity index (χ4v) is 5.18. The average molecular weight is 311 g/mol. The van der Waals surface area contributed by atoms with Gasteiger partial charge in [0, 0.05) is 12.6 Å². The van der Waals surface area contributed by atoms with E-state index in [0.29, 0.717) is 32.4 Å². The van der Waals surface area contributed by atoms with E-state index < -0.39 is 6.10 Å². The molecule has 0 heterocycles. The molecule has 1 atom stereocenters. The van der Waals surface area contributed by atoms with Gasteiger partial charge < -0.3 is 19.9 Å². The van der Waals surface area contributed by atoms with E-state index in [1.54, 1.807) is 0 Å². The van der Waals surface area contributed by atoms with Crippen LogP contribution in [0.3, 0.4) is 0 Å². The average Bonchev–Trinajstić information content (AvgIpc) is 2.43. The van der Waals surface area contributed by atoms with Gasteiger partial charge in [-0.2, -0.15) is 0 Å². The molecule has 0 unspecified atom stereocenters. The number of hydrogen-bond donors (Lipinski definition) is 2. The normalized spacial score (nSPS) is 37.9. The van der Waals surface area contributed by atoms with E-state index in [4.69, 9.17) is 9.47 Å². The van der Waals surface area contributed by atoms with Crippen LogP contribution in [0.25, 0.3) is 0 Å². The number of ether oxygens (including phenoxy) is 2. The Morgan fingerprint density at radius 2 is 1.64 bits per heavy atom. The predicted molar refractivity (Wildman–Crippen MR) is 86.8 cm³/mol. The lowest BCUT2D eigenvalue weighted by Crippen LogP contribution is -2.52. The van der Waals surface area contributed by atoms with E-state index in [9.17, 15) is 5.11 Å². The van der Waals surface area contributed by atoms with E-state index in [1.807, 2.05) is 0 Å². The summed E-state index contributed by atoms with van der Waals surface area (Å²) in [7, 11) is 0. The van der Waals surface area contributed by atoms with E-state index >= 15 is 0 Å². The van der Waals surface area contributed by atoms with Gasteiger partial charge in [0.05, 0.1) is 31.5 Å². The third kappa shape index (κ3) is 4.22. The van der Waals surface area contributed by atoms with Crippen molar-refractivity contribution in [1.82, 2.24) is 5.32 Å². The van der Waals surface area contributed by atoms with Gasteiger partial charge in [-0.05, 0) is 56.3 Å². The molecule has 4 nitrogen and oxygen atoms in total. The largest absolute Gasteiger partial charge is 0.389 e. The van der Waals surface area contributed by atoms with Crippen LogP contribution in [0.4, 0.5) is 0 Å². The monoisotopic (exact) mass is 311 g/mol. The fraction of sp³-hybridized carbons (Fsp3) is 1.00. The van der Waals surface area contributed by atoms with Gasteiger partial charge in [0.2, 0.25) is 0 Å². The first-order valence-electron chi connectivity index (χ1n) is 9.18. The van der Waals surface area contributed by atoms with Crippen molar-refractivity contribution < 1.29 is 14.6 Å². The minimum absolute atomic E-state index is 0.177. The molecule has 2 N–H and O–H groups in total. The molecule has 0 aromatic rings. The number of aliphatic hydroxyl groups excluding tert-OH is 1. The van der Waals surface area contributed by atoms with Crippen molar-refractivity contribution in [3.63, 3.8) is 0 Å². The predicted octanol–water partition coefficient (Wildman–Crippen LogP) is 2.35. The highest BCUT2D eigenvalue weighted by Crippen LogP contribution is 2.57. The summed E-state index contributed by atoms with van der Waals surface area (Å²) in [6.45, 7) is 6.41. The molecule has 4 aliphatic rings. The lowest BCUT2D eigenvalue weighted by molar-refractivity contribution is -0.170. The van der Waals surface area contributed by atoms with E-state index in [1.165, 1.54) is 38.5 Å². The van der Waals surface area contributed by atoms with Crippen molar-refractivity contribution in [1.29, 1.82) is 0 Å². The van der Waals surface area contributed by atoms with Crippen LogP contribution in [0.5, 0.6) is 0 Å². The Bertz CT molecular complexity index is 323. The van der Waals surface area contributed by atoms with E-state index in [-0.39, 0.29) is 5.60 Å². The SMILES string of the molecule is CC(C)NC[C@@H](O)COCCOC12CC3CC(CC(C3)C1)C2. The summed E-state index contributed by atoms with van der Waals surface area (Å²) in [5.41, 5.74) is 0.177. The maximum Gasteiger partial charge on any atom is 0.0897 e. The molecule has 22 heavy (non-hydrogen) atoms. The molecule has 4 rings (SSSR count). The smallest absolute Gasteiger partial charge is 0.0897 e. The van der Waals surface area contributed by atoms with Crippen LogP contribution in [0.15, 0.2) is 0 Å². The standard InChI is InChI=1S/C18H33NO3/c1-13(2)19-11-17(20)12-21-3-4-22-18-8-14-5-15(9-18)7-16(6-14)10-18/h13-17,19-20H,3-12H2,1-2H3/t14?,15?,16?,17-,18?/m1/s1. The molecular weight excluding hydrogens is 278 g/mol. The first kappa shape index (κ1) is 16.7. The molecule has 0 aromatic carbocycles. The zero-order chi connectivity index (χ0) is 15.6. The highest BCUT2D eigenvalue weighted by atomic mass is 16.5. The summed E-state index contributed by atoms with van der Waals surface area (Å²) in [6.07, 6.45) is 7.76. The molecule has 4 heteroatoms. The van der Waals surface area contributed by atoms with Crippen LogP contribution < -0.4 is 5.32 Å².